The van der Waals surface area contributed by atoms with Crippen molar-refractivity contribution in [3.63, 3.8) is 0 Å². The van der Waals surface area contributed by atoms with Crippen LogP contribution in [-0.4, -0.2) is 20.0 Å². The third-order valence-corrected chi connectivity index (χ3v) is 5.11. The van der Waals surface area contributed by atoms with Gasteiger partial charge in [0.25, 0.3) is 0 Å². The number of carbonyl (C=O) groups excluding carboxylic acids is 1. The van der Waals surface area contributed by atoms with Gasteiger partial charge in [0.15, 0.2) is 11.6 Å². The topological polar surface area (TPSA) is 92.1 Å². The van der Waals surface area contributed by atoms with Crippen LogP contribution in [0.3, 0.4) is 0 Å². The highest BCUT2D eigenvalue weighted by Crippen LogP contribution is 2.26. The zero-order valence-corrected chi connectivity index (χ0v) is 16.7. The van der Waals surface area contributed by atoms with Crippen LogP contribution in [0.2, 0.25) is 0 Å². The molecule has 0 bridgehead atoms. The monoisotopic (exact) mass is 424 g/mol. The van der Waals surface area contributed by atoms with E-state index in [2.05, 4.69) is 4.98 Å². The zero-order valence-electron chi connectivity index (χ0n) is 16.7. The molecule has 2 heterocycles. The van der Waals surface area contributed by atoms with Crippen molar-refractivity contribution in [2.45, 2.75) is 13.0 Å². The standard InChI is InChI=1S/C22H18F2N4O3/c1-12(28-18-9-13(21(25)29)3-6-17(18)27(2)22(28)30)14-4-8-20(26-11-14)31-19-7-5-15(23)10-16(19)24/h3-12H,1-2H3,(H2,25,29). The van der Waals surface area contributed by atoms with Gasteiger partial charge in [0.05, 0.1) is 17.1 Å². The van der Waals surface area contributed by atoms with E-state index in [1.54, 1.807) is 35.9 Å². The number of carbonyl (C=O) groups is 1. The summed E-state index contributed by atoms with van der Waals surface area (Å²) in [4.78, 5) is 28.6. The summed E-state index contributed by atoms with van der Waals surface area (Å²) in [6.07, 6.45) is 1.50. The smallest absolute Gasteiger partial charge is 0.329 e. The summed E-state index contributed by atoms with van der Waals surface area (Å²) in [5.74, 6) is -2.18. The molecule has 31 heavy (non-hydrogen) atoms. The summed E-state index contributed by atoms with van der Waals surface area (Å²) < 4.78 is 35.2. The summed E-state index contributed by atoms with van der Waals surface area (Å²) in [6, 6.07) is 10.6. The fourth-order valence-corrected chi connectivity index (χ4v) is 3.41. The van der Waals surface area contributed by atoms with Crippen LogP contribution in [-0.2, 0) is 7.05 Å². The highest BCUT2D eigenvalue weighted by atomic mass is 19.1. The summed E-state index contributed by atoms with van der Waals surface area (Å²) >= 11 is 0. The molecule has 0 radical (unpaired) electrons. The normalized spacial score (nSPS) is 12.1. The number of nitrogens with two attached hydrogens (primary N) is 1. The summed E-state index contributed by atoms with van der Waals surface area (Å²) in [5, 5.41) is 0. The Morgan fingerprint density at radius 3 is 2.52 bits per heavy atom. The van der Waals surface area contributed by atoms with Crippen molar-refractivity contribution in [2.75, 3.05) is 0 Å². The van der Waals surface area contributed by atoms with Gasteiger partial charge in [-0.3, -0.25) is 13.9 Å². The van der Waals surface area contributed by atoms with Gasteiger partial charge in [0.2, 0.25) is 11.8 Å². The van der Waals surface area contributed by atoms with Crippen LogP contribution in [0.5, 0.6) is 11.6 Å². The number of benzene rings is 2. The van der Waals surface area contributed by atoms with Crippen molar-refractivity contribution in [1.82, 2.24) is 14.1 Å². The zero-order chi connectivity index (χ0) is 22.3. The van der Waals surface area contributed by atoms with Crippen molar-refractivity contribution in [2.24, 2.45) is 12.8 Å². The molecule has 4 aromatic rings. The lowest BCUT2D eigenvalue weighted by atomic mass is 10.1. The van der Waals surface area contributed by atoms with Crippen LogP contribution in [0.25, 0.3) is 11.0 Å². The first kappa shape index (κ1) is 20.3. The molecule has 0 saturated carbocycles. The molecule has 2 aromatic heterocycles. The molecule has 0 aliphatic rings. The van der Waals surface area contributed by atoms with Crippen LogP contribution in [0.1, 0.15) is 28.9 Å². The first-order chi connectivity index (χ1) is 14.8. The number of hydrogen-bond acceptors (Lipinski definition) is 4. The van der Waals surface area contributed by atoms with Gasteiger partial charge in [-0.05, 0) is 42.8 Å². The third-order valence-electron chi connectivity index (χ3n) is 5.11. The van der Waals surface area contributed by atoms with Crippen molar-refractivity contribution < 1.29 is 18.3 Å². The van der Waals surface area contributed by atoms with E-state index in [-0.39, 0.29) is 17.3 Å². The minimum atomic E-state index is -0.841. The molecule has 0 aliphatic carbocycles. The fraction of sp³-hybridized carbons (Fsp3) is 0.136. The lowest BCUT2D eigenvalue weighted by molar-refractivity contribution is 0.100. The lowest BCUT2D eigenvalue weighted by Crippen LogP contribution is -2.25. The van der Waals surface area contributed by atoms with Gasteiger partial charge in [0.1, 0.15) is 5.82 Å². The third kappa shape index (κ3) is 3.65. The molecule has 7 nitrogen and oxygen atoms in total. The molecule has 2 aromatic carbocycles. The molecule has 0 saturated heterocycles. The summed E-state index contributed by atoms with van der Waals surface area (Å²) in [6.45, 7) is 1.81. The van der Waals surface area contributed by atoms with E-state index in [1.165, 1.54) is 22.9 Å². The van der Waals surface area contributed by atoms with Gasteiger partial charge < -0.3 is 10.5 Å². The minimum absolute atomic E-state index is 0.114. The lowest BCUT2D eigenvalue weighted by Gasteiger charge is -2.15. The number of amides is 1. The fourth-order valence-electron chi connectivity index (χ4n) is 3.41. The number of pyridine rings is 1. The number of primary amides is 1. The highest BCUT2D eigenvalue weighted by molar-refractivity contribution is 5.96. The second kappa shape index (κ2) is 7.67. The van der Waals surface area contributed by atoms with Crippen molar-refractivity contribution in [3.05, 3.63) is 88.0 Å². The number of nitrogens with zero attached hydrogens (tertiary/aromatic N) is 3. The summed E-state index contributed by atoms with van der Waals surface area (Å²) in [5.41, 5.74) is 7.31. The maximum atomic E-state index is 13.8. The number of rotatable bonds is 5. The average molecular weight is 424 g/mol. The van der Waals surface area contributed by atoms with Gasteiger partial charge in [-0.1, -0.05) is 6.07 Å². The Morgan fingerprint density at radius 2 is 1.87 bits per heavy atom. The Kier molecular flexibility index (Phi) is 5.02. The van der Waals surface area contributed by atoms with Gasteiger partial charge in [-0.15, -0.1) is 0 Å². The minimum Gasteiger partial charge on any atom is -0.436 e. The van der Waals surface area contributed by atoms with Gasteiger partial charge in [-0.25, -0.2) is 18.6 Å². The molecule has 1 atom stereocenters. The predicted molar refractivity (Wildman–Crippen MR) is 110 cm³/mol. The maximum absolute atomic E-state index is 13.8. The molecule has 4 rings (SSSR count). The van der Waals surface area contributed by atoms with Gasteiger partial charge in [-0.2, -0.15) is 0 Å². The molecule has 0 aliphatic heterocycles. The van der Waals surface area contributed by atoms with E-state index >= 15 is 0 Å². The van der Waals surface area contributed by atoms with Crippen molar-refractivity contribution in [3.8, 4) is 11.6 Å². The van der Waals surface area contributed by atoms with E-state index in [0.29, 0.717) is 22.2 Å². The van der Waals surface area contributed by atoms with Crippen LogP contribution < -0.4 is 16.2 Å². The molecule has 2 N–H and O–H groups in total. The molecule has 0 spiro atoms. The first-order valence-corrected chi connectivity index (χ1v) is 9.36. The van der Waals surface area contributed by atoms with Gasteiger partial charge >= 0.3 is 5.69 Å². The second-order valence-corrected chi connectivity index (χ2v) is 7.06. The Morgan fingerprint density at radius 1 is 1.10 bits per heavy atom. The molecule has 1 unspecified atom stereocenters. The maximum Gasteiger partial charge on any atom is 0.329 e. The Balaban J connectivity index is 1.68. The number of hydrogen-bond donors (Lipinski definition) is 1. The number of imidazole rings is 1. The average Bonchev–Trinajstić information content (AvgIpc) is 3.00. The van der Waals surface area contributed by atoms with E-state index in [4.69, 9.17) is 10.5 Å². The number of aromatic nitrogens is 3. The Hall–Kier alpha value is -4.01. The highest BCUT2D eigenvalue weighted by Gasteiger charge is 2.19. The number of fused-ring (bicyclic) bond motifs is 1. The van der Waals surface area contributed by atoms with Gasteiger partial charge in [0, 0.05) is 30.9 Å². The molecular formula is C22H18F2N4O3. The van der Waals surface area contributed by atoms with Crippen molar-refractivity contribution >= 4 is 16.9 Å². The Bertz CT molecular complexity index is 1360. The van der Waals surface area contributed by atoms with E-state index in [9.17, 15) is 18.4 Å². The molecule has 0 fully saturated rings. The molecule has 9 heteroatoms. The van der Waals surface area contributed by atoms with Crippen molar-refractivity contribution in [1.29, 1.82) is 0 Å². The molecule has 158 valence electrons. The number of ether oxygens (including phenoxy) is 1. The SMILES string of the molecule is CC(c1ccc(Oc2ccc(F)cc2F)nc1)n1c(=O)n(C)c2ccc(C(N)=O)cc21. The van der Waals surface area contributed by atoms with E-state index in [1.807, 2.05) is 6.92 Å². The number of aryl methyl sites for hydroxylation is 1. The predicted octanol–water partition coefficient (Wildman–Crippen LogP) is 3.51. The van der Waals surface area contributed by atoms with E-state index in [0.717, 1.165) is 12.1 Å². The first-order valence-electron chi connectivity index (χ1n) is 9.36. The molecule has 1 amide bonds. The molecular weight excluding hydrogens is 406 g/mol. The van der Waals surface area contributed by atoms with E-state index < -0.39 is 23.6 Å². The van der Waals surface area contributed by atoms with Crippen LogP contribution in [0, 0.1) is 11.6 Å². The van der Waals surface area contributed by atoms with Crippen LogP contribution in [0.15, 0.2) is 59.5 Å². The second-order valence-electron chi connectivity index (χ2n) is 7.06. The number of halogens is 2. The largest absolute Gasteiger partial charge is 0.436 e. The quantitative estimate of drug-likeness (QED) is 0.531. The Labute approximate surface area is 175 Å². The van der Waals surface area contributed by atoms with Crippen LogP contribution in [0.4, 0.5) is 8.78 Å². The summed E-state index contributed by atoms with van der Waals surface area (Å²) in [7, 11) is 1.64. The van der Waals surface area contributed by atoms with Crippen LogP contribution >= 0.6 is 0 Å².